The third-order valence-corrected chi connectivity index (χ3v) is 14.7. The van der Waals surface area contributed by atoms with Gasteiger partial charge in [0.1, 0.15) is 9.79 Å². The zero-order valence-corrected chi connectivity index (χ0v) is 44.7. The Labute approximate surface area is 445 Å². The average Bonchev–Trinajstić information content (AvgIpc) is 3.35. The molecule has 0 spiro atoms. The van der Waals surface area contributed by atoms with Crippen molar-refractivity contribution in [2.24, 2.45) is 0 Å². The molecule has 6 aromatic rings. The molecule has 4 aromatic carbocycles. The van der Waals surface area contributed by atoms with E-state index in [9.17, 15) is 38.9 Å². The van der Waals surface area contributed by atoms with Crippen molar-refractivity contribution in [1.29, 1.82) is 0 Å². The Bertz CT molecular complexity index is 3420. The maximum absolute atomic E-state index is 12.9. The molecule has 0 aliphatic heterocycles. The van der Waals surface area contributed by atoms with E-state index in [0.29, 0.717) is 47.4 Å². The van der Waals surface area contributed by atoms with Crippen LogP contribution in [-0.4, -0.2) is 111 Å². The van der Waals surface area contributed by atoms with Crippen molar-refractivity contribution in [2.75, 3.05) is 45.2 Å². The van der Waals surface area contributed by atoms with Crippen molar-refractivity contribution in [3.8, 4) is 0 Å². The van der Waals surface area contributed by atoms with Crippen molar-refractivity contribution in [1.82, 2.24) is 29.9 Å². The van der Waals surface area contributed by atoms with Crippen LogP contribution in [-0.2, 0) is 58.5 Å². The van der Waals surface area contributed by atoms with E-state index in [2.05, 4.69) is 75.0 Å². The van der Waals surface area contributed by atoms with Gasteiger partial charge in [-0.1, -0.05) is 39.4 Å². The van der Waals surface area contributed by atoms with Crippen molar-refractivity contribution in [3.63, 3.8) is 0 Å². The van der Waals surface area contributed by atoms with Crippen LogP contribution in [0.4, 0.5) is 58.4 Å². The normalized spacial score (nSPS) is 12.1. The monoisotopic (exact) mass is 1170 g/mol. The van der Waals surface area contributed by atoms with Crippen molar-refractivity contribution in [3.05, 3.63) is 83.9 Å². The van der Waals surface area contributed by atoms with Gasteiger partial charge in [0.25, 0.3) is 30.4 Å². The molecule has 2 aromatic heterocycles. The van der Waals surface area contributed by atoms with Crippen LogP contribution in [0.3, 0.4) is 0 Å². The van der Waals surface area contributed by atoms with E-state index in [1.807, 2.05) is 27.7 Å². The molecule has 0 radical (unpaired) electrons. The smallest absolute Gasteiger partial charge is 0.296 e. The van der Waals surface area contributed by atoms with Gasteiger partial charge < -0.3 is 31.1 Å². The van der Waals surface area contributed by atoms with E-state index in [0.717, 1.165) is 24.3 Å². The second kappa shape index (κ2) is 25.8. The van der Waals surface area contributed by atoms with Gasteiger partial charge in [0.15, 0.2) is 0 Å². The molecular weight excluding hydrogens is 1130 g/mol. The summed E-state index contributed by atoms with van der Waals surface area (Å²) in [6.45, 7) is 7.39. The number of rotatable bonds is 26. The lowest BCUT2D eigenvalue weighted by atomic mass is 10.1. The summed E-state index contributed by atoms with van der Waals surface area (Å²) in [5.74, 6) is -0.414. The topological polar surface area (TPSA) is 411 Å². The molecule has 0 unspecified atom stereocenters. The molecular formula is C40H44N12O18S6. The summed E-state index contributed by atoms with van der Waals surface area (Å²) in [7, 11) is -11.1. The zero-order valence-electron chi connectivity index (χ0n) is 39.8. The highest BCUT2D eigenvalue weighted by Gasteiger charge is 2.23. The Morgan fingerprint density at radius 3 is 1.49 bits per heavy atom. The van der Waals surface area contributed by atoms with E-state index < -0.39 is 45.0 Å². The number of benzene rings is 4. The van der Waals surface area contributed by atoms with Gasteiger partial charge in [0.05, 0.1) is 57.3 Å². The summed E-state index contributed by atoms with van der Waals surface area (Å²) in [6, 6.07) is 15.1. The fourth-order valence-corrected chi connectivity index (χ4v) is 9.27. The predicted molar refractivity (Wildman–Crippen MR) is 276 cm³/mol. The van der Waals surface area contributed by atoms with Gasteiger partial charge in [-0.3, -0.25) is 13.7 Å². The van der Waals surface area contributed by atoms with Gasteiger partial charge in [0.2, 0.25) is 35.7 Å². The van der Waals surface area contributed by atoms with Crippen LogP contribution in [0.15, 0.2) is 102 Å². The first kappa shape index (κ1) is 59.1. The highest BCUT2D eigenvalue weighted by atomic mass is 32.2. The summed E-state index contributed by atoms with van der Waals surface area (Å²) in [4.78, 5) is 28.8. The molecule has 10 N–H and O–H groups in total. The van der Waals surface area contributed by atoms with Gasteiger partial charge >= 0.3 is 0 Å². The Hall–Kier alpha value is -6.14. The van der Waals surface area contributed by atoms with Gasteiger partial charge in [-0.2, -0.15) is 55.2 Å². The molecule has 6 rings (SSSR count). The highest BCUT2D eigenvalue weighted by molar-refractivity contribution is 7.95. The molecule has 0 amide bonds. The zero-order chi connectivity index (χ0) is 55.5. The summed E-state index contributed by atoms with van der Waals surface area (Å²) >= 11 is 1.52. The maximum Gasteiger partial charge on any atom is 0.296 e. The van der Waals surface area contributed by atoms with E-state index in [1.54, 1.807) is 36.0 Å². The Balaban J connectivity index is 1.32. The minimum atomic E-state index is -4.94. The summed E-state index contributed by atoms with van der Waals surface area (Å²) in [5, 5.41) is 49.0. The molecule has 0 saturated heterocycles. The number of hydrogen-bond acceptors (Lipinski definition) is 30. The maximum atomic E-state index is 12.9. The fourth-order valence-electron chi connectivity index (χ4n) is 6.09. The molecule has 0 aliphatic rings. The van der Waals surface area contributed by atoms with Crippen LogP contribution in [0, 0.1) is 0 Å². The molecule has 36 heteroatoms. The van der Waals surface area contributed by atoms with E-state index in [1.165, 1.54) is 48.6 Å². The quantitative estimate of drug-likeness (QED) is 0.00810. The molecule has 0 fully saturated rings. The third kappa shape index (κ3) is 16.2. The Morgan fingerprint density at radius 1 is 0.500 bits per heavy atom. The van der Waals surface area contributed by atoms with Gasteiger partial charge in [0, 0.05) is 47.3 Å². The van der Waals surface area contributed by atoms with Crippen LogP contribution in [0.2, 0.25) is 0 Å². The number of anilines is 10. The lowest BCUT2D eigenvalue weighted by Crippen LogP contribution is -2.28. The second-order valence-corrected chi connectivity index (χ2v) is 22.2. The van der Waals surface area contributed by atoms with Crippen LogP contribution < -0.4 is 31.1 Å². The SMILES string of the molecule is CC(C)N(C)c1nc(Nc2ccc(C=Cc3ccc(Nc4nc(Nc5cc(SOOO)ccc5S(=O)(=O)O)nc(N(C)C(C)C)n4)cc3SOOO)c(S(=O)(=O)O)c2)nc(Nc2cc(S(=O)(=O)O)ccc2SOOO)n1. The summed E-state index contributed by atoms with van der Waals surface area (Å²) in [5.41, 5.74) is 0.487. The van der Waals surface area contributed by atoms with E-state index in [4.69, 9.17) is 20.1 Å². The molecule has 0 atom stereocenters. The largest absolute Gasteiger partial charge is 0.341 e. The first-order valence-electron chi connectivity index (χ1n) is 21.0. The number of nitrogens with zero attached hydrogens (tertiary/aromatic N) is 8. The minimum absolute atomic E-state index is 0.0101. The van der Waals surface area contributed by atoms with Crippen molar-refractivity contribution in [2.45, 2.75) is 69.2 Å². The molecule has 0 bridgehead atoms. The summed E-state index contributed by atoms with van der Waals surface area (Å²) in [6.07, 6.45) is 2.82. The van der Waals surface area contributed by atoms with Crippen molar-refractivity contribution >= 4 is 137 Å². The number of aromatic nitrogens is 6. The van der Waals surface area contributed by atoms with Crippen LogP contribution in [0.25, 0.3) is 12.2 Å². The minimum Gasteiger partial charge on any atom is -0.341 e. The van der Waals surface area contributed by atoms with E-state index >= 15 is 0 Å². The Kier molecular flexibility index (Phi) is 20.1. The van der Waals surface area contributed by atoms with Gasteiger partial charge in [-0.25, -0.2) is 15.8 Å². The summed E-state index contributed by atoms with van der Waals surface area (Å²) < 4.78 is 118. The Morgan fingerprint density at radius 2 is 0.974 bits per heavy atom. The lowest BCUT2D eigenvalue weighted by Gasteiger charge is -2.22. The fraction of sp³-hybridized carbons (Fsp3) is 0.200. The molecule has 0 aliphatic carbocycles. The standard InChI is InChI=1S/C40H44N12O18S6/c1-21(2)51(5)39-48-36(45-37(49-39)43-29-20-28(74(56,57)58)14-15-31(29)72-69-66-54)42-26-12-10-24(34(18-26)76(62,63)64)8-7-23-9-11-25(17-32(23)73-70-67-55)41-35-46-38(50-40(47-35)52(6)22(3)4)44-30-19-27(71-68-65-53)13-16-33(30)75(59,60)61/h7-22,53-55H,1-6H3,(H,56,57,58)(H,59,60,61)(H,62,63,64)(H2,41,44,46,47,50)(H2,42,43,45,48,49). The first-order valence-corrected chi connectivity index (χ1v) is 27.6. The van der Waals surface area contributed by atoms with Crippen LogP contribution in [0.5, 0.6) is 0 Å². The van der Waals surface area contributed by atoms with Crippen LogP contribution >= 0.6 is 36.1 Å². The molecule has 0 saturated carbocycles. The molecule has 30 nitrogen and oxygen atoms in total. The second-order valence-electron chi connectivity index (χ2n) is 15.7. The van der Waals surface area contributed by atoms with E-state index in [-0.39, 0.29) is 85.1 Å². The first-order chi connectivity index (χ1) is 35.9. The molecule has 408 valence electrons. The number of hydrogen-bond donors (Lipinski definition) is 10. The molecule has 2 heterocycles. The lowest BCUT2D eigenvalue weighted by molar-refractivity contribution is -0.432. The number of nitrogens with one attached hydrogen (secondary N) is 4. The van der Waals surface area contributed by atoms with Crippen LogP contribution in [0.1, 0.15) is 38.8 Å². The highest BCUT2D eigenvalue weighted by Crippen LogP contribution is 2.36. The predicted octanol–water partition coefficient (Wildman–Crippen LogP) is 7.92. The average molecular weight is 1170 g/mol. The van der Waals surface area contributed by atoms with Crippen molar-refractivity contribution < 1.29 is 82.8 Å². The van der Waals surface area contributed by atoms with Gasteiger partial charge in [-0.15, -0.1) is 13.0 Å². The third-order valence-electron chi connectivity index (χ3n) is 10.1. The molecule has 76 heavy (non-hydrogen) atoms. The van der Waals surface area contributed by atoms with Gasteiger partial charge in [-0.05, 0) is 99.5 Å².